The summed E-state index contributed by atoms with van der Waals surface area (Å²) in [4.78, 5) is 21.4. The molecule has 0 aliphatic rings. The number of ether oxygens (including phenoxy) is 1. The minimum atomic E-state index is -0.484. The topological polar surface area (TPSA) is 81.4 Å². The van der Waals surface area contributed by atoms with E-state index in [1.807, 2.05) is 6.92 Å². The maximum atomic E-state index is 11.1. The molecule has 88 valence electrons. The van der Waals surface area contributed by atoms with Gasteiger partial charge in [0.15, 0.2) is 0 Å². The van der Waals surface area contributed by atoms with Gasteiger partial charge < -0.3 is 10.5 Å². The first-order valence-electron chi connectivity index (χ1n) is 5.20. The van der Waals surface area contributed by atoms with Crippen molar-refractivity contribution in [1.82, 2.24) is 5.32 Å². The smallest absolute Gasteiger partial charge is 0.319 e. The Morgan fingerprint density at radius 3 is 2.60 bits per heavy atom. The van der Waals surface area contributed by atoms with E-state index in [4.69, 9.17) is 10.5 Å². The Balaban J connectivity index is 3.44. The summed E-state index contributed by atoms with van der Waals surface area (Å²) in [5.41, 5.74) is 4.89. The molecule has 0 saturated carbocycles. The van der Waals surface area contributed by atoms with Gasteiger partial charge in [0.1, 0.15) is 0 Å². The minimum Gasteiger partial charge on any atom is -0.464 e. The molecule has 0 aromatic rings. The fraction of sp³-hybridized carbons (Fsp3) is 0.800. The fourth-order valence-corrected chi connectivity index (χ4v) is 1.15. The van der Waals surface area contributed by atoms with E-state index < -0.39 is 5.91 Å². The maximum Gasteiger partial charge on any atom is 0.319 e. The Hall–Kier alpha value is -1.10. The lowest BCUT2D eigenvalue weighted by molar-refractivity contribution is -0.143. The molecule has 0 fully saturated rings. The Bertz CT molecular complexity index is 207. The molecular formula is C10H20N2O3. The summed E-state index contributed by atoms with van der Waals surface area (Å²) in [5.74, 6) is -0.448. The summed E-state index contributed by atoms with van der Waals surface area (Å²) in [7, 11) is 0. The normalized spacial score (nSPS) is 12.1. The summed E-state index contributed by atoms with van der Waals surface area (Å²) in [5, 5.41) is 2.59. The standard InChI is InChI=1S/C10H20N2O3/c1-3-4-8(2)7-15-10(14)6-12-5-9(11)13/h8,12H,3-7H2,1-2H3,(H2,11,13). The van der Waals surface area contributed by atoms with Gasteiger partial charge in [-0.3, -0.25) is 14.9 Å². The average molecular weight is 216 g/mol. The average Bonchev–Trinajstić information content (AvgIpc) is 2.14. The number of hydrogen-bond acceptors (Lipinski definition) is 4. The van der Waals surface area contributed by atoms with E-state index in [0.29, 0.717) is 12.5 Å². The summed E-state index contributed by atoms with van der Waals surface area (Å²) in [6.45, 7) is 4.59. The van der Waals surface area contributed by atoms with Crippen LogP contribution in [0.25, 0.3) is 0 Å². The number of rotatable bonds is 8. The predicted molar refractivity (Wildman–Crippen MR) is 57.1 cm³/mol. The van der Waals surface area contributed by atoms with Gasteiger partial charge in [0.05, 0.1) is 19.7 Å². The third kappa shape index (κ3) is 9.21. The molecule has 0 rings (SSSR count). The Morgan fingerprint density at radius 1 is 1.40 bits per heavy atom. The van der Waals surface area contributed by atoms with E-state index in [9.17, 15) is 9.59 Å². The quantitative estimate of drug-likeness (QED) is 0.561. The van der Waals surface area contributed by atoms with E-state index >= 15 is 0 Å². The number of hydrogen-bond donors (Lipinski definition) is 2. The molecular weight excluding hydrogens is 196 g/mol. The number of carbonyl (C=O) groups excluding carboxylic acids is 2. The maximum absolute atomic E-state index is 11.1. The van der Waals surface area contributed by atoms with Crippen LogP contribution < -0.4 is 11.1 Å². The van der Waals surface area contributed by atoms with Gasteiger partial charge in [0.2, 0.25) is 5.91 Å². The SMILES string of the molecule is CCCC(C)COC(=O)CNCC(N)=O. The van der Waals surface area contributed by atoms with Gasteiger partial charge in [0.25, 0.3) is 0 Å². The van der Waals surface area contributed by atoms with Gasteiger partial charge in [-0.25, -0.2) is 0 Å². The highest BCUT2D eigenvalue weighted by atomic mass is 16.5. The molecule has 3 N–H and O–H groups in total. The van der Waals surface area contributed by atoms with Crippen LogP contribution in [0.2, 0.25) is 0 Å². The molecule has 1 atom stereocenters. The van der Waals surface area contributed by atoms with E-state index in [0.717, 1.165) is 12.8 Å². The van der Waals surface area contributed by atoms with Crippen molar-refractivity contribution in [3.63, 3.8) is 0 Å². The van der Waals surface area contributed by atoms with Crippen molar-refractivity contribution in [2.24, 2.45) is 11.7 Å². The Morgan fingerprint density at radius 2 is 2.07 bits per heavy atom. The highest BCUT2D eigenvalue weighted by Crippen LogP contribution is 2.04. The van der Waals surface area contributed by atoms with Gasteiger partial charge >= 0.3 is 5.97 Å². The van der Waals surface area contributed by atoms with Gasteiger partial charge in [-0.15, -0.1) is 0 Å². The van der Waals surface area contributed by atoms with Crippen LogP contribution in [0.1, 0.15) is 26.7 Å². The first kappa shape index (κ1) is 13.9. The Kier molecular flexibility index (Phi) is 7.62. The zero-order valence-corrected chi connectivity index (χ0v) is 9.41. The second kappa shape index (κ2) is 8.23. The van der Waals surface area contributed by atoms with Crippen molar-refractivity contribution in [3.8, 4) is 0 Å². The third-order valence-electron chi connectivity index (χ3n) is 1.88. The predicted octanol–water partition coefficient (Wildman–Crippen LogP) is 0.0407. The molecule has 5 heteroatoms. The van der Waals surface area contributed by atoms with Crippen molar-refractivity contribution in [3.05, 3.63) is 0 Å². The number of nitrogens with two attached hydrogens (primary N) is 1. The molecule has 0 saturated heterocycles. The van der Waals surface area contributed by atoms with E-state index in [2.05, 4.69) is 12.2 Å². The van der Waals surface area contributed by atoms with Crippen molar-refractivity contribution in [2.75, 3.05) is 19.7 Å². The molecule has 15 heavy (non-hydrogen) atoms. The van der Waals surface area contributed by atoms with Gasteiger partial charge in [-0.2, -0.15) is 0 Å². The highest BCUT2D eigenvalue weighted by Gasteiger charge is 2.06. The summed E-state index contributed by atoms with van der Waals surface area (Å²) >= 11 is 0. The van der Waals surface area contributed by atoms with Gasteiger partial charge in [-0.1, -0.05) is 20.3 Å². The minimum absolute atomic E-state index is 0.000383. The zero-order valence-electron chi connectivity index (χ0n) is 9.41. The lowest BCUT2D eigenvalue weighted by Crippen LogP contribution is -2.33. The van der Waals surface area contributed by atoms with Crippen LogP contribution >= 0.6 is 0 Å². The summed E-state index contributed by atoms with van der Waals surface area (Å²) in [6.07, 6.45) is 2.13. The summed E-state index contributed by atoms with van der Waals surface area (Å²) < 4.78 is 4.98. The van der Waals surface area contributed by atoms with E-state index in [1.165, 1.54) is 0 Å². The van der Waals surface area contributed by atoms with Crippen LogP contribution in [0, 0.1) is 5.92 Å². The van der Waals surface area contributed by atoms with Crippen molar-refractivity contribution in [1.29, 1.82) is 0 Å². The van der Waals surface area contributed by atoms with E-state index in [1.54, 1.807) is 0 Å². The van der Waals surface area contributed by atoms with E-state index in [-0.39, 0.29) is 19.1 Å². The molecule has 0 aromatic carbocycles. The molecule has 0 radical (unpaired) electrons. The van der Waals surface area contributed by atoms with Crippen molar-refractivity contribution < 1.29 is 14.3 Å². The Labute approximate surface area is 90.4 Å². The van der Waals surface area contributed by atoms with Crippen LogP contribution in [-0.4, -0.2) is 31.6 Å². The van der Waals surface area contributed by atoms with Crippen molar-refractivity contribution >= 4 is 11.9 Å². The lowest BCUT2D eigenvalue weighted by atomic mass is 10.1. The van der Waals surface area contributed by atoms with Crippen LogP contribution in [0.3, 0.4) is 0 Å². The molecule has 0 heterocycles. The van der Waals surface area contributed by atoms with Gasteiger partial charge in [-0.05, 0) is 12.3 Å². The molecule has 1 amide bonds. The number of carbonyl (C=O) groups is 2. The number of nitrogens with one attached hydrogen (secondary N) is 1. The first-order valence-corrected chi connectivity index (χ1v) is 5.20. The molecule has 0 aromatic heterocycles. The number of amides is 1. The van der Waals surface area contributed by atoms with Crippen LogP contribution in [0.15, 0.2) is 0 Å². The summed E-state index contributed by atoms with van der Waals surface area (Å²) in [6, 6.07) is 0. The molecule has 5 nitrogen and oxygen atoms in total. The lowest BCUT2D eigenvalue weighted by Gasteiger charge is -2.10. The van der Waals surface area contributed by atoms with Crippen LogP contribution in [0.5, 0.6) is 0 Å². The highest BCUT2D eigenvalue weighted by molar-refractivity contribution is 5.77. The third-order valence-corrected chi connectivity index (χ3v) is 1.88. The number of esters is 1. The van der Waals surface area contributed by atoms with Crippen LogP contribution in [0.4, 0.5) is 0 Å². The van der Waals surface area contributed by atoms with Crippen molar-refractivity contribution in [2.45, 2.75) is 26.7 Å². The first-order chi connectivity index (χ1) is 7.06. The number of primary amides is 1. The monoisotopic (exact) mass is 216 g/mol. The van der Waals surface area contributed by atoms with Crippen LogP contribution in [-0.2, 0) is 14.3 Å². The largest absolute Gasteiger partial charge is 0.464 e. The molecule has 0 spiro atoms. The molecule has 0 aliphatic carbocycles. The molecule has 0 aliphatic heterocycles. The molecule has 0 bridgehead atoms. The second-order valence-electron chi connectivity index (χ2n) is 3.65. The van der Waals surface area contributed by atoms with Gasteiger partial charge in [0, 0.05) is 0 Å². The second-order valence-corrected chi connectivity index (χ2v) is 3.65. The fourth-order valence-electron chi connectivity index (χ4n) is 1.15. The zero-order chi connectivity index (χ0) is 11.7. The molecule has 1 unspecified atom stereocenters.